The number of aryl methyl sites for hydroxylation is 1. The first-order valence-electron chi connectivity index (χ1n) is 5.81. The molecule has 5 heteroatoms. The molecule has 2 N–H and O–H groups in total. The van der Waals surface area contributed by atoms with Crippen molar-refractivity contribution in [3.8, 4) is 0 Å². The van der Waals surface area contributed by atoms with Crippen molar-refractivity contribution < 1.29 is 14.7 Å². The van der Waals surface area contributed by atoms with Gasteiger partial charge in [0.2, 0.25) is 5.91 Å². The van der Waals surface area contributed by atoms with E-state index in [4.69, 9.17) is 5.11 Å². The third-order valence-corrected chi connectivity index (χ3v) is 3.62. The third-order valence-electron chi connectivity index (χ3n) is 3.09. The Labute approximate surface area is 114 Å². The van der Waals surface area contributed by atoms with Gasteiger partial charge in [0.05, 0.1) is 0 Å². The van der Waals surface area contributed by atoms with E-state index < -0.39 is 11.5 Å². The maximum Gasteiger partial charge on any atom is 0.329 e. The average molecular weight is 312 g/mol. The maximum absolute atomic E-state index is 11.7. The number of benzene rings is 1. The second-order valence-corrected chi connectivity index (χ2v) is 5.48. The molecule has 0 radical (unpaired) electrons. The summed E-state index contributed by atoms with van der Waals surface area (Å²) >= 11 is 3.34. The number of hydrogen-bond acceptors (Lipinski definition) is 2. The molecule has 0 aromatic heterocycles. The van der Waals surface area contributed by atoms with E-state index in [1.54, 1.807) is 0 Å². The van der Waals surface area contributed by atoms with Gasteiger partial charge in [-0.1, -0.05) is 28.1 Å². The van der Waals surface area contributed by atoms with Crippen molar-refractivity contribution in [2.75, 3.05) is 0 Å². The number of carbonyl (C=O) groups excluding carboxylic acids is 1. The Morgan fingerprint density at radius 2 is 1.89 bits per heavy atom. The molecular weight excluding hydrogens is 298 g/mol. The summed E-state index contributed by atoms with van der Waals surface area (Å²) in [6.45, 7) is 0. The fraction of sp³-hybridized carbons (Fsp3) is 0.385. The number of carboxylic acids is 1. The van der Waals surface area contributed by atoms with Crippen LogP contribution >= 0.6 is 15.9 Å². The van der Waals surface area contributed by atoms with Crippen LogP contribution in [0.15, 0.2) is 28.7 Å². The highest BCUT2D eigenvalue weighted by Crippen LogP contribution is 2.35. The minimum atomic E-state index is -0.975. The van der Waals surface area contributed by atoms with Crippen LogP contribution < -0.4 is 5.32 Å². The van der Waals surface area contributed by atoms with Crippen LogP contribution in [0.1, 0.15) is 24.8 Å². The fourth-order valence-electron chi connectivity index (χ4n) is 1.76. The first-order valence-corrected chi connectivity index (χ1v) is 6.60. The molecule has 0 spiro atoms. The number of rotatable bonds is 5. The van der Waals surface area contributed by atoms with Gasteiger partial charge in [-0.15, -0.1) is 0 Å². The highest BCUT2D eigenvalue weighted by molar-refractivity contribution is 9.10. The van der Waals surface area contributed by atoms with Gasteiger partial charge >= 0.3 is 5.97 Å². The van der Waals surface area contributed by atoms with Crippen molar-refractivity contribution >= 4 is 27.8 Å². The lowest BCUT2D eigenvalue weighted by Crippen LogP contribution is -2.43. The molecule has 4 nitrogen and oxygen atoms in total. The standard InChI is InChI=1S/C13H14BrNO3/c14-10-4-1-9(2-5-10)3-6-11(16)15-13(7-8-13)12(17)18/h1-2,4-5H,3,6-8H2,(H,15,16)(H,17,18). The molecule has 1 saturated carbocycles. The number of halogens is 1. The molecule has 0 aliphatic heterocycles. The Morgan fingerprint density at radius 3 is 2.39 bits per heavy atom. The van der Waals surface area contributed by atoms with Gasteiger partial charge in [-0.25, -0.2) is 4.79 Å². The molecule has 0 heterocycles. The van der Waals surface area contributed by atoms with Gasteiger partial charge in [0, 0.05) is 10.9 Å². The molecule has 0 unspecified atom stereocenters. The SMILES string of the molecule is O=C(CCc1ccc(Br)cc1)NC1(C(=O)O)CC1. The number of carbonyl (C=O) groups is 2. The maximum atomic E-state index is 11.7. The van der Waals surface area contributed by atoms with Crippen LogP contribution in [-0.2, 0) is 16.0 Å². The summed E-state index contributed by atoms with van der Waals surface area (Å²) in [6.07, 6.45) is 2.00. The molecular formula is C13H14BrNO3. The van der Waals surface area contributed by atoms with Gasteiger partial charge in [-0.2, -0.15) is 0 Å². The average Bonchev–Trinajstić information content (AvgIpc) is 3.09. The van der Waals surface area contributed by atoms with Crippen LogP contribution in [0, 0.1) is 0 Å². The molecule has 0 atom stereocenters. The summed E-state index contributed by atoms with van der Waals surface area (Å²) in [6, 6.07) is 7.74. The van der Waals surface area contributed by atoms with E-state index in [1.807, 2.05) is 24.3 Å². The number of amides is 1. The minimum Gasteiger partial charge on any atom is -0.480 e. The molecule has 1 aliphatic carbocycles. The number of aliphatic carboxylic acids is 1. The Kier molecular flexibility index (Phi) is 3.71. The van der Waals surface area contributed by atoms with Crippen LogP contribution in [-0.4, -0.2) is 22.5 Å². The van der Waals surface area contributed by atoms with Gasteiger partial charge in [0.25, 0.3) is 0 Å². The van der Waals surface area contributed by atoms with Crippen LogP contribution in [0.4, 0.5) is 0 Å². The van der Waals surface area contributed by atoms with Crippen LogP contribution in [0.3, 0.4) is 0 Å². The largest absolute Gasteiger partial charge is 0.480 e. The predicted molar refractivity (Wildman–Crippen MR) is 70.2 cm³/mol. The van der Waals surface area contributed by atoms with Gasteiger partial charge in [0.15, 0.2) is 0 Å². The molecule has 1 amide bonds. The second kappa shape index (κ2) is 5.10. The minimum absolute atomic E-state index is 0.196. The van der Waals surface area contributed by atoms with Crippen LogP contribution in [0.2, 0.25) is 0 Å². The smallest absolute Gasteiger partial charge is 0.329 e. The topological polar surface area (TPSA) is 66.4 Å². The van der Waals surface area contributed by atoms with Crippen molar-refractivity contribution in [2.24, 2.45) is 0 Å². The van der Waals surface area contributed by atoms with Gasteiger partial charge in [0.1, 0.15) is 5.54 Å². The number of hydrogen-bond donors (Lipinski definition) is 2. The van der Waals surface area contributed by atoms with E-state index in [9.17, 15) is 9.59 Å². The van der Waals surface area contributed by atoms with E-state index in [1.165, 1.54) is 0 Å². The number of carboxylic acid groups (broad SMARTS) is 1. The van der Waals surface area contributed by atoms with E-state index in [-0.39, 0.29) is 5.91 Å². The summed E-state index contributed by atoms with van der Waals surface area (Å²) in [7, 11) is 0. The van der Waals surface area contributed by atoms with Crippen molar-refractivity contribution in [3.63, 3.8) is 0 Å². The van der Waals surface area contributed by atoms with Crippen LogP contribution in [0.5, 0.6) is 0 Å². The Hall–Kier alpha value is -1.36. The fourth-order valence-corrected chi connectivity index (χ4v) is 2.02. The van der Waals surface area contributed by atoms with E-state index in [0.717, 1.165) is 10.0 Å². The highest BCUT2D eigenvalue weighted by Gasteiger charge is 2.51. The molecule has 0 bridgehead atoms. The summed E-state index contributed by atoms with van der Waals surface area (Å²) < 4.78 is 0.999. The zero-order valence-electron chi connectivity index (χ0n) is 9.78. The van der Waals surface area contributed by atoms with Crippen molar-refractivity contribution in [2.45, 2.75) is 31.2 Å². The summed E-state index contributed by atoms with van der Waals surface area (Å²) in [5, 5.41) is 11.5. The lowest BCUT2D eigenvalue weighted by Gasteiger charge is -2.12. The van der Waals surface area contributed by atoms with E-state index in [2.05, 4.69) is 21.2 Å². The molecule has 0 saturated heterocycles. The molecule has 1 aromatic carbocycles. The molecule has 1 aliphatic rings. The monoisotopic (exact) mass is 311 g/mol. The van der Waals surface area contributed by atoms with Crippen molar-refractivity contribution in [1.29, 1.82) is 0 Å². The van der Waals surface area contributed by atoms with Crippen molar-refractivity contribution in [3.05, 3.63) is 34.3 Å². The lowest BCUT2D eigenvalue weighted by molar-refractivity contribution is -0.143. The Morgan fingerprint density at radius 1 is 1.28 bits per heavy atom. The molecule has 1 fully saturated rings. The number of nitrogens with one attached hydrogen (secondary N) is 1. The second-order valence-electron chi connectivity index (χ2n) is 4.56. The summed E-state index contributed by atoms with van der Waals surface area (Å²) in [4.78, 5) is 22.6. The van der Waals surface area contributed by atoms with Gasteiger partial charge < -0.3 is 10.4 Å². The summed E-state index contributed by atoms with van der Waals surface area (Å²) in [5.41, 5.74) is 0.0880. The lowest BCUT2D eigenvalue weighted by atomic mass is 10.1. The normalized spacial score (nSPS) is 16.1. The molecule has 1 aromatic rings. The predicted octanol–water partition coefficient (Wildman–Crippen LogP) is 2.12. The van der Waals surface area contributed by atoms with Crippen LogP contribution in [0.25, 0.3) is 0 Å². The van der Waals surface area contributed by atoms with E-state index >= 15 is 0 Å². The quantitative estimate of drug-likeness (QED) is 0.875. The summed E-state index contributed by atoms with van der Waals surface area (Å²) in [5.74, 6) is -1.13. The zero-order chi connectivity index (χ0) is 13.2. The Bertz CT molecular complexity index is 466. The Balaban J connectivity index is 1.82. The first-order chi connectivity index (χ1) is 8.52. The third kappa shape index (κ3) is 3.10. The molecule has 96 valence electrons. The first kappa shape index (κ1) is 13.1. The van der Waals surface area contributed by atoms with Crippen molar-refractivity contribution in [1.82, 2.24) is 5.32 Å². The zero-order valence-corrected chi connectivity index (χ0v) is 11.4. The van der Waals surface area contributed by atoms with Gasteiger partial charge in [-0.3, -0.25) is 4.79 Å². The van der Waals surface area contributed by atoms with Gasteiger partial charge in [-0.05, 0) is 37.0 Å². The molecule has 18 heavy (non-hydrogen) atoms. The molecule has 2 rings (SSSR count). The highest BCUT2D eigenvalue weighted by atomic mass is 79.9. The van der Waals surface area contributed by atoms with E-state index in [0.29, 0.717) is 25.7 Å².